The van der Waals surface area contributed by atoms with E-state index < -0.39 is 17.7 Å². The second kappa shape index (κ2) is 10.3. The standard InChI is InChI=1S/C25H20ClF2N5O3/c26-20-3-1-16(12-21(20)28)30-25(34)31-17-9-15(27)10-19(11-17)36-18-2-4-22-23(13-18)32-24(14-29-22)33-5-7-35-8-6-33/h1-4,9-14H,5-8H2,(H2,30,31,34). The molecule has 1 aromatic heterocycles. The first kappa shape index (κ1) is 23.7. The van der Waals surface area contributed by atoms with Gasteiger partial charge in [0, 0.05) is 42.7 Å². The maximum atomic E-state index is 14.3. The fraction of sp³-hybridized carbons (Fsp3) is 0.160. The average Bonchev–Trinajstić information content (AvgIpc) is 2.86. The summed E-state index contributed by atoms with van der Waals surface area (Å²) in [6.07, 6.45) is 1.72. The number of hydrogen-bond donors (Lipinski definition) is 2. The summed E-state index contributed by atoms with van der Waals surface area (Å²) in [7, 11) is 0. The number of ether oxygens (including phenoxy) is 2. The number of urea groups is 1. The maximum Gasteiger partial charge on any atom is 0.323 e. The number of benzene rings is 3. The summed E-state index contributed by atoms with van der Waals surface area (Å²) in [4.78, 5) is 23.5. The van der Waals surface area contributed by atoms with Crippen molar-refractivity contribution in [2.45, 2.75) is 0 Å². The summed E-state index contributed by atoms with van der Waals surface area (Å²) in [5.41, 5.74) is 1.65. The van der Waals surface area contributed by atoms with Crippen molar-refractivity contribution in [3.8, 4) is 11.5 Å². The third kappa shape index (κ3) is 5.61. The van der Waals surface area contributed by atoms with Crippen LogP contribution >= 0.6 is 11.6 Å². The van der Waals surface area contributed by atoms with E-state index in [2.05, 4.69) is 25.5 Å². The molecule has 8 nitrogen and oxygen atoms in total. The highest BCUT2D eigenvalue weighted by Gasteiger charge is 2.14. The SMILES string of the molecule is O=C(Nc1cc(F)cc(Oc2ccc3ncc(N4CCOCC4)nc3c2)c1)Nc1ccc(Cl)c(F)c1. The smallest absolute Gasteiger partial charge is 0.323 e. The van der Waals surface area contributed by atoms with E-state index in [1.165, 1.54) is 24.3 Å². The molecule has 1 aliphatic rings. The first-order chi connectivity index (χ1) is 17.4. The number of halogens is 3. The first-order valence-electron chi connectivity index (χ1n) is 11.0. The molecule has 3 aromatic carbocycles. The van der Waals surface area contributed by atoms with Crippen LogP contribution in [0.3, 0.4) is 0 Å². The molecule has 1 aliphatic heterocycles. The molecule has 5 rings (SSSR count). The molecule has 1 fully saturated rings. The lowest BCUT2D eigenvalue weighted by atomic mass is 10.2. The summed E-state index contributed by atoms with van der Waals surface area (Å²) >= 11 is 5.65. The third-order valence-electron chi connectivity index (χ3n) is 5.38. The van der Waals surface area contributed by atoms with Gasteiger partial charge in [0.05, 0.1) is 35.5 Å². The quantitative estimate of drug-likeness (QED) is 0.350. The van der Waals surface area contributed by atoms with Crippen molar-refractivity contribution in [3.05, 3.63) is 77.5 Å². The van der Waals surface area contributed by atoms with Gasteiger partial charge in [0.15, 0.2) is 0 Å². The molecule has 36 heavy (non-hydrogen) atoms. The molecule has 184 valence electrons. The van der Waals surface area contributed by atoms with Crippen LogP contribution in [0.5, 0.6) is 11.5 Å². The molecule has 11 heteroatoms. The van der Waals surface area contributed by atoms with Crippen molar-refractivity contribution >= 4 is 45.9 Å². The van der Waals surface area contributed by atoms with Gasteiger partial charge < -0.3 is 25.0 Å². The highest BCUT2D eigenvalue weighted by atomic mass is 35.5. The lowest BCUT2D eigenvalue weighted by Crippen LogP contribution is -2.36. The Kier molecular flexibility index (Phi) is 6.79. The van der Waals surface area contributed by atoms with Gasteiger partial charge in [-0.1, -0.05) is 11.6 Å². The Balaban J connectivity index is 1.31. The monoisotopic (exact) mass is 511 g/mol. The number of carbonyl (C=O) groups is 1. The van der Waals surface area contributed by atoms with E-state index in [4.69, 9.17) is 21.1 Å². The van der Waals surface area contributed by atoms with Crippen LogP contribution in [-0.2, 0) is 4.74 Å². The van der Waals surface area contributed by atoms with Crippen LogP contribution in [0.25, 0.3) is 11.0 Å². The van der Waals surface area contributed by atoms with Crippen molar-refractivity contribution in [2.24, 2.45) is 0 Å². The Morgan fingerprint density at radius 1 is 0.944 bits per heavy atom. The van der Waals surface area contributed by atoms with Gasteiger partial charge in [-0.3, -0.25) is 4.98 Å². The number of rotatable bonds is 5. The van der Waals surface area contributed by atoms with E-state index in [0.29, 0.717) is 30.0 Å². The summed E-state index contributed by atoms with van der Waals surface area (Å²) in [5.74, 6) is 0.0448. The van der Waals surface area contributed by atoms with E-state index in [1.807, 2.05) is 0 Å². The maximum absolute atomic E-state index is 14.3. The number of carbonyl (C=O) groups excluding carboxylic acids is 1. The minimum Gasteiger partial charge on any atom is -0.457 e. The fourth-order valence-electron chi connectivity index (χ4n) is 3.69. The van der Waals surface area contributed by atoms with Crippen molar-refractivity contribution in [3.63, 3.8) is 0 Å². The minimum absolute atomic E-state index is 0.0649. The molecule has 4 aromatic rings. The Bertz CT molecular complexity index is 1430. The molecule has 0 unspecified atom stereocenters. The van der Waals surface area contributed by atoms with E-state index in [0.717, 1.165) is 31.0 Å². The van der Waals surface area contributed by atoms with E-state index in [9.17, 15) is 13.6 Å². The zero-order valence-electron chi connectivity index (χ0n) is 18.8. The molecule has 2 amide bonds. The van der Waals surface area contributed by atoms with Crippen LogP contribution in [-0.4, -0.2) is 42.3 Å². The number of anilines is 3. The number of hydrogen-bond acceptors (Lipinski definition) is 6. The molecule has 0 spiro atoms. The number of aromatic nitrogens is 2. The Hall–Kier alpha value is -4.02. The zero-order valence-corrected chi connectivity index (χ0v) is 19.6. The molecular weight excluding hydrogens is 492 g/mol. The van der Waals surface area contributed by atoms with Crippen LogP contribution in [0.15, 0.2) is 60.8 Å². The van der Waals surface area contributed by atoms with Gasteiger partial charge in [0.25, 0.3) is 0 Å². The number of nitrogens with one attached hydrogen (secondary N) is 2. The van der Waals surface area contributed by atoms with Crippen molar-refractivity contribution in [1.29, 1.82) is 0 Å². The number of nitrogens with zero attached hydrogens (tertiary/aromatic N) is 3. The molecular formula is C25H20ClF2N5O3. The Morgan fingerprint density at radius 2 is 1.75 bits per heavy atom. The molecule has 0 atom stereocenters. The summed E-state index contributed by atoms with van der Waals surface area (Å²) in [5, 5.41) is 4.90. The second-order valence-corrected chi connectivity index (χ2v) is 8.37. The summed E-state index contributed by atoms with van der Waals surface area (Å²) in [6, 6.07) is 12.1. The largest absolute Gasteiger partial charge is 0.457 e. The van der Waals surface area contributed by atoms with Crippen LogP contribution in [0.4, 0.5) is 30.8 Å². The van der Waals surface area contributed by atoms with Crippen molar-refractivity contribution in [2.75, 3.05) is 41.8 Å². The number of amides is 2. The van der Waals surface area contributed by atoms with Gasteiger partial charge in [-0.2, -0.15) is 0 Å². The molecule has 2 N–H and O–H groups in total. The van der Waals surface area contributed by atoms with Gasteiger partial charge >= 0.3 is 6.03 Å². The topological polar surface area (TPSA) is 88.6 Å². The highest BCUT2D eigenvalue weighted by molar-refractivity contribution is 6.30. The normalized spacial score (nSPS) is 13.5. The van der Waals surface area contributed by atoms with Gasteiger partial charge in [-0.25, -0.2) is 18.6 Å². The molecule has 0 bridgehead atoms. The Morgan fingerprint density at radius 3 is 2.56 bits per heavy atom. The first-order valence-corrected chi connectivity index (χ1v) is 11.4. The van der Waals surface area contributed by atoms with Crippen molar-refractivity contribution in [1.82, 2.24) is 9.97 Å². The highest BCUT2D eigenvalue weighted by Crippen LogP contribution is 2.28. The predicted octanol–water partition coefficient (Wildman–Crippen LogP) is 5.83. The van der Waals surface area contributed by atoms with Gasteiger partial charge in [-0.15, -0.1) is 0 Å². The molecule has 0 radical (unpaired) electrons. The second-order valence-electron chi connectivity index (χ2n) is 7.96. The molecule has 0 saturated carbocycles. The Labute approximate surface area is 209 Å². The van der Waals surface area contributed by atoms with Crippen LogP contribution < -0.4 is 20.3 Å². The third-order valence-corrected chi connectivity index (χ3v) is 5.68. The lowest BCUT2D eigenvalue weighted by molar-refractivity contribution is 0.122. The molecule has 1 saturated heterocycles. The van der Waals surface area contributed by atoms with Crippen LogP contribution in [0.1, 0.15) is 0 Å². The van der Waals surface area contributed by atoms with Gasteiger partial charge in [-0.05, 0) is 36.4 Å². The van der Waals surface area contributed by atoms with Crippen molar-refractivity contribution < 1.29 is 23.0 Å². The fourth-order valence-corrected chi connectivity index (χ4v) is 3.80. The number of morpholine rings is 1. The average molecular weight is 512 g/mol. The lowest BCUT2D eigenvalue weighted by Gasteiger charge is -2.27. The van der Waals surface area contributed by atoms with Crippen LogP contribution in [0, 0.1) is 11.6 Å². The zero-order chi connectivity index (χ0) is 25.1. The van der Waals surface area contributed by atoms with E-state index in [-0.39, 0.29) is 22.1 Å². The van der Waals surface area contributed by atoms with Crippen LogP contribution in [0.2, 0.25) is 5.02 Å². The minimum atomic E-state index is -0.690. The van der Waals surface area contributed by atoms with Gasteiger partial charge in [0.1, 0.15) is 29.0 Å². The summed E-state index contributed by atoms with van der Waals surface area (Å²) < 4.78 is 39.1. The van der Waals surface area contributed by atoms with Gasteiger partial charge in [0.2, 0.25) is 0 Å². The molecule has 0 aliphatic carbocycles. The van der Waals surface area contributed by atoms with E-state index in [1.54, 1.807) is 24.4 Å². The number of fused-ring (bicyclic) bond motifs is 1. The molecule has 2 heterocycles. The van der Waals surface area contributed by atoms with E-state index >= 15 is 0 Å². The summed E-state index contributed by atoms with van der Waals surface area (Å²) in [6.45, 7) is 2.73. The predicted molar refractivity (Wildman–Crippen MR) is 133 cm³/mol.